The third-order valence-corrected chi connectivity index (χ3v) is 8.37. The molecule has 34 heavy (non-hydrogen) atoms. The Kier molecular flexibility index (Phi) is 7.13. The fourth-order valence-electron chi connectivity index (χ4n) is 3.54. The van der Waals surface area contributed by atoms with Gasteiger partial charge in [0.15, 0.2) is 14.6 Å². The van der Waals surface area contributed by atoms with Crippen LogP contribution in [0, 0.1) is 34.9 Å². The lowest BCUT2D eigenvalue weighted by molar-refractivity contribution is -0.131. The zero-order valence-electron chi connectivity index (χ0n) is 18.7. The van der Waals surface area contributed by atoms with Gasteiger partial charge < -0.3 is 5.11 Å². The molecule has 1 aromatic carbocycles. The Labute approximate surface area is 195 Å². The molecule has 1 aliphatic rings. The number of amides is 1. The highest BCUT2D eigenvalue weighted by Crippen LogP contribution is 2.39. The number of aryl methyl sites for hydroxylation is 1. The van der Waals surface area contributed by atoms with E-state index in [0.29, 0.717) is 0 Å². The monoisotopic (exact) mass is 489 g/mol. The van der Waals surface area contributed by atoms with Crippen LogP contribution < -0.4 is 11.0 Å². The van der Waals surface area contributed by atoms with Crippen LogP contribution in [0.5, 0.6) is 0 Å². The molecule has 1 fully saturated rings. The minimum absolute atomic E-state index is 0.00220. The molecule has 0 spiro atoms. The van der Waals surface area contributed by atoms with Crippen LogP contribution in [0.2, 0.25) is 0 Å². The second-order valence-corrected chi connectivity index (χ2v) is 11.0. The van der Waals surface area contributed by atoms with Gasteiger partial charge in [0.05, 0.1) is 34.8 Å². The summed E-state index contributed by atoms with van der Waals surface area (Å²) < 4.78 is 37.9. The third-order valence-electron chi connectivity index (χ3n) is 6.34. The molecule has 3 rings (SSSR count). The standard InChI is InChI=1S/C23H24FN3O6S/c1-22(21(30)26-31,34(2,32)33)10-11-27-15-25-19-12-16(18(24)13-17(19)20(27)29)6-3-4-7-23(14-28)8-5-9-23/h12-13,15,28,31H,5,8-11,14H2,1-2H3,(H,26,30)/t22-/m1/s1. The first-order chi connectivity index (χ1) is 16.0. The van der Waals surface area contributed by atoms with Crippen LogP contribution in [-0.2, 0) is 21.2 Å². The Hall–Kier alpha value is -3.25. The van der Waals surface area contributed by atoms with Crippen LogP contribution in [0.4, 0.5) is 4.39 Å². The number of hydrogen-bond donors (Lipinski definition) is 3. The van der Waals surface area contributed by atoms with Crippen LogP contribution >= 0.6 is 0 Å². The first-order valence-electron chi connectivity index (χ1n) is 10.4. The number of hydroxylamine groups is 1. The lowest BCUT2D eigenvalue weighted by atomic mass is 9.70. The Morgan fingerprint density at radius 2 is 2.06 bits per heavy atom. The predicted molar refractivity (Wildman–Crippen MR) is 122 cm³/mol. The summed E-state index contributed by atoms with van der Waals surface area (Å²) in [6, 6.07) is 2.31. The van der Waals surface area contributed by atoms with Crippen molar-refractivity contribution in [1.82, 2.24) is 15.0 Å². The number of fused-ring (bicyclic) bond motifs is 1. The minimum Gasteiger partial charge on any atom is -0.395 e. The molecule has 1 amide bonds. The van der Waals surface area contributed by atoms with Gasteiger partial charge >= 0.3 is 0 Å². The van der Waals surface area contributed by atoms with Crippen molar-refractivity contribution in [2.24, 2.45) is 5.41 Å². The molecule has 180 valence electrons. The predicted octanol–water partition coefficient (Wildman–Crippen LogP) is 0.752. The fraction of sp³-hybridized carbons (Fsp3) is 0.435. The van der Waals surface area contributed by atoms with Gasteiger partial charge in [-0.15, -0.1) is 0 Å². The molecule has 3 N–H and O–H groups in total. The number of halogens is 1. The summed E-state index contributed by atoms with van der Waals surface area (Å²) >= 11 is 0. The number of hydrogen-bond acceptors (Lipinski definition) is 7. The second-order valence-electron chi connectivity index (χ2n) is 8.58. The van der Waals surface area contributed by atoms with Crippen molar-refractivity contribution in [3.05, 3.63) is 40.2 Å². The topological polar surface area (TPSA) is 139 Å². The number of aliphatic hydroxyl groups excluding tert-OH is 1. The van der Waals surface area contributed by atoms with E-state index in [1.807, 2.05) is 0 Å². The van der Waals surface area contributed by atoms with Crippen molar-refractivity contribution >= 4 is 26.6 Å². The van der Waals surface area contributed by atoms with Gasteiger partial charge in [-0.1, -0.05) is 12.3 Å². The van der Waals surface area contributed by atoms with Crippen molar-refractivity contribution < 1.29 is 27.9 Å². The highest BCUT2D eigenvalue weighted by molar-refractivity contribution is 7.92. The number of aliphatic hydroxyl groups is 1. The number of sulfone groups is 1. The number of carbonyl (C=O) groups is 1. The molecule has 1 aromatic heterocycles. The van der Waals surface area contributed by atoms with Gasteiger partial charge in [0.25, 0.3) is 11.5 Å². The Balaban J connectivity index is 1.88. The number of nitrogens with one attached hydrogen (secondary N) is 1. The molecule has 0 radical (unpaired) electrons. The summed E-state index contributed by atoms with van der Waals surface area (Å²) in [5.41, 5.74) is 0.478. The highest BCUT2D eigenvalue weighted by Gasteiger charge is 2.43. The molecule has 1 saturated carbocycles. The maximum Gasteiger partial charge on any atom is 0.264 e. The van der Waals surface area contributed by atoms with Gasteiger partial charge in [-0.25, -0.2) is 23.3 Å². The maximum atomic E-state index is 14.6. The Morgan fingerprint density at radius 3 is 2.62 bits per heavy atom. The van der Waals surface area contributed by atoms with Crippen LogP contribution in [-0.4, -0.2) is 51.8 Å². The number of carbonyl (C=O) groups excluding carboxylic acids is 1. The zero-order chi connectivity index (χ0) is 25.1. The Morgan fingerprint density at radius 1 is 1.35 bits per heavy atom. The minimum atomic E-state index is -3.94. The average Bonchev–Trinajstić information content (AvgIpc) is 2.76. The van der Waals surface area contributed by atoms with E-state index in [1.165, 1.54) is 17.9 Å². The molecule has 0 aliphatic heterocycles. The second kappa shape index (κ2) is 9.55. The van der Waals surface area contributed by atoms with Gasteiger partial charge in [0, 0.05) is 12.8 Å². The molecule has 0 saturated heterocycles. The van der Waals surface area contributed by atoms with Crippen molar-refractivity contribution in [3.8, 4) is 23.7 Å². The summed E-state index contributed by atoms with van der Waals surface area (Å²) in [4.78, 5) is 28.9. The lowest BCUT2D eigenvalue weighted by Gasteiger charge is -2.34. The molecule has 11 heteroatoms. The first-order valence-corrected chi connectivity index (χ1v) is 12.3. The van der Waals surface area contributed by atoms with E-state index in [0.717, 1.165) is 43.1 Å². The van der Waals surface area contributed by atoms with E-state index in [2.05, 4.69) is 28.7 Å². The molecule has 1 atom stereocenters. The highest BCUT2D eigenvalue weighted by atomic mass is 32.2. The van der Waals surface area contributed by atoms with Crippen molar-refractivity contribution in [1.29, 1.82) is 0 Å². The summed E-state index contributed by atoms with van der Waals surface area (Å²) in [5.74, 6) is 8.87. The molecule has 0 unspecified atom stereocenters. The van der Waals surface area contributed by atoms with Crippen LogP contribution in [0.3, 0.4) is 0 Å². The summed E-state index contributed by atoms with van der Waals surface area (Å²) in [7, 11) is -3.94. The van der Waals surface area contributed by atoms with Crippen molar-refractivity contribution in [3.63, 3.8) is 0 Å². The SMILES string of the molecule is C[C@@](CCn1cnc2cc(C#CC#CC3(CO)CCC3)c(F)cc2c1=O)(C(=O)NO)S(C)(=O)=O. The van der Waals surface area contributed by atoms with E-state index in [9.17, 15) is 27.5 Å². The Bertz CT molecular complexity index is 1420. The smallest absolute Gasteiger partial charge is 0.264 e. The number of nitrogens with zero attached hydrogens (tertiary/aromatic N) is 2. The van der Waals surface area contributed by atoms with Gasteiger partial charge in [-0.3, -0.25) is 19.4 Å². The van der Waals surface area contributed by atoms with E-state index in [-0.39, 0.29) is 36.0 Å². The molecule has 1 aliphatic carbocycles. The van der Waals surface area contributed by atoms with Gasteiger partial charge in [-0.05, 0) is 56.1 Å². The van der Waals surface area contributed by atoms with E-state index >= 15 is 0 Å². The number of rotatable bonds is 6. The van der Waals surface area contributed by atoms with Gasteiger partial charge in [0.2, 0.25) is 0 Å². The summed E-state index contributed by atoms with van der Waals surface area (Å²) in [6.07, 6.45) is 4.28. The van der Waals surface area contributed by atoms with Gasteiger partial charge in [0.1, 0.15) is 5.82 Å². The fourth-order valence-corrected chi connectivity index (χ4v) is 4.39. The third kappa shape index (κ3) is 4.82. The van der Waals surface area contributed by atoms with E-state index in [1.54, 1.807) is 0 Å². The molecule has 0 bridgehead atoms. The maximum absolute atomic E-state index is 14.6. The number of aromatic nitrogens is 2. The van der Waals surface area contributed by atoms with Crippen LogP contribution in [0.25, 0.3) is 10.9 Å². The van der Waals surface area contributed by atoms with Crippen molar-refractivity contribution in [2.45, 2.75) is 43.9 Å². The molecular weight excluding hydrogens is 465 g/mol. The van der Waals surface area contributed by atoms with E-state index in [4.69, 9.17) is 5.21 Å². The molecular formula is C23H24FN3O6S. The number of benzene rings is 1. The van der Waals surface area contributed by atoms with Gasteiger partial charge in [-0.2, -0.15) is 0 Å². The van der Waals surface area contributed by atoms with Crippen molar-refractivity contribution in [2.75, 3.05) is 12.9 Å². The molecule has 1 heterocycles. The zero-order valence-corrected chi connectivity index (χ0v) is 19.5. The molecule has 9 nitrogen and oxygen atoms in total. The largest absolute Gasteiger partial charge is 0.395 e. The molecule has 2 aromatic rings. The normalized spacial score (nSPS) is 16.3. The van der Waals surface area contributed by atoms with E-state index < -0.39 is 37.3 Å². The summed E-state index contributed by atoms with van der Waals surface area (Å²) in [6.45, 7) is 0.870. The summed E-state index contributed by atoms with van der Waals surface area (Å²) in [5, 5.41) is 18.3. The first kappa shape index (κ1) is 25.4. The van der Waals surface area contributed by atoms with Crippen LogP contribution in [0.1, 0.15) is 38.2 Å². The average molecular weight is 490 g/mol. The van der Waals surface area contributed by atoms with Crippen LogP contribution in [0.15, 0.2) is 23.3 Å². The lowest BCUT2D eigenvalue weighted by Crippen LogP contribution is -2.50. The quantitative estimate of drug-likeness (QED) is 0.309.